The second-order valence-corrected chi connectivity index (χ2v) is 6.80. The molecule has 5 atom stereocenters. The quantitative estimate of drug-likeness (QED) is 0.763. The van der Waals surface area contributed by atoms with E-state index in [9.17, 15) is 9.90 Å². The van der Waals surface area contributed by atoms with Crippen molar-refractivity contribution in [2.45, 2.75) is 50.5 Å². The van der Waals surface area contributed by atoms with Crippen LogP contribution >= 0.6 is 0 Å². The maximum absolute atomic E-state index is 12.1. The van der Waals surface area contributed by atoms with Gasteiger partial charge in [0.2, 0.25) is 0 Å². The lowest BCUT2D eigenvalue weighted by Crippen LogP contribution is -2.60. The first-order valence-corrected chi connectivity index (χ1v) is 8.48. The number of imidazole rings is 1. The fourth-order valence-corrected chi connectivity index (χ4v) is 3.55. The summed E-state index contributed by atoms with van der Waals surface area (Å²) >= 11 is 0. The van der Waals surface area contributed by atoms with Gasteiger partial charge in [0, 0.05) is 6.04 Å². The third kappa shape index (κ3) is 2.86. The first-order valence-electron chi connectivity index (χ1n) is 8.48. The van der Waals surface area contributed by atoms with Gasteiger partial charge in [-0.05, 0) is 26.0 Å². The minimum absolute atomic E-state index is 0.00242. The van der Waals surface area contributed by atoms with Crippen LogP contribution in [0.25, 0.3) is 11.0 Å². The van der Waals surface area contributed by atoms with Crippen LogP contribution in [0.3, 0.4) is 0 Å². The van der Waals surface area contributed by atoms with Crippen LogP contribution in [0, 0.1) is 0 Å². The van der Waals surface area contributed by atoms with Crippen molar-refractivity contribution in [1.29, 1.82) is 0 Å². The van der Waals surface area contributed by atoms with E-state index >= 15 is 0 Å². The lowest BCUT2D eigenvalue weighted by molar-refractivity contribution is -0.162. The predicted molar refractivity (Wildman–Crippen MR) is 90.0 cm³/mol. The highest BCUT2D eigenvalue weighted by Gasteiger charge is 2.51. The number of hydrogen-bond donors (Lipinski definition) is 3. The molecule has 2 bridgehead atoms. The van der Waals surface area contributed by atoms with Crippen LogP contribution in [0.5, 0.6) is 0 Å². The van der Waals surface area contributed by atoms with Crippen molar-refractivity contribution >= 4 is 17.1 Å². The van der Waals surface area contributed by atoms with E-state index in [1.807, 2.05) is 42.7 Å². The summed E-state index contributed by atoms with van der Waals surface area (Å²) in [7, 11) is 0. The number of nitrogens with one attached hydrogen (secondary N) is 2. The molecular weight excluding hydrogens is 324 g/mol. The zero-order chi connectivity index (χ0) is 17.6. The Kier molecular flexibility index (Phi) is 4.10. The monoisotopic (exact) mass is 346 g/mol. The molecule has 3 heterocycles. The van der Waals surface area contributed by atoms with Gasteiger partial charge in [0.05, 0.1) is 30.0 Å². The topological polar surface area (TPSA) is 97.6 Å². The molecule has 2 aliphatic rings. The van der Waals surface area contributed by atoms with E-state index in [0.717, 1.165) is 11.0 Å². The number of carbonyl (C=O) groups is 1. The maximum atomic E-state index is 12.1. The van der Waals surface area contributed by atoms with E-state index in [1.165, 1.54) is 0 Å². The summed E-state index contributed by atoms with van der Waals surface area (Å²) in [5, 5.41) is 16.6. The Hall–Kier alpha value is -2.16. The minimum Gasteiger partial charge on any atom is -0.388 e. The highest BCUT2D eigenvalue weighted by atomic mass is 16.7. The number of rotatable bonds is 3. The Morgan fingerprint density at radius 1 is 1.40 bits per heavy atom. The van der Waals surface area contributed by atoms with Crippen molar-refractivity contribution in [3.05, 3.63) is 30.6 Å². The average Bonchev–Trinajstić information content (AvgIpc) is 3.18. The molecule has 8 heteroatoms. The summed E-state index contributed by atoms with van der Waals surface area (Å²) in [6.07, 6.45) is -0.121. The molecule has 0 spiro atoms. The molecule has 0 radical (unpaired) electrons. The summed E-state index contributed by atoms with van der Waals surface area (Å²) in [5.74, 6) is 0. The molecule has 2 fully saturated rings. The molecule has 4 rings (SSSR count). The predicted octanol–water partition coefficient (Wildman–Crippen LogP) is 0.770. The fourth-order valence-electron chi connectivity index (χ4n) is 3.55. The number of hydrogen-bond acceptors (Lipinski definition) is 5. The van der Waals surface area contributed by atoms with Crippen molar-refractivity contribution in [1.82, 2.24) is 20.2 Å². The van der Waals surface area contributed by atoms with Crippen LogP contribution in [0.15, 0.2) is 30.6 Å². The van der Waals surface area contributed by atoms with Gasteiger partial charge in [-0.25, -0.2) is 9.78 Å². The molecule has 134 valence electrons. The van der Waals surface area contributed by atoms with E-state index in [4.69, 9.17) is 9.47 Å². The smallest absolute Gasteiger partial charge is 0.315 e. The van der Waals surface area contributed by atoms with Gasteiger partial charge in [-0.15, -0.1) is 0 Å². The van der Waals surface area contributed by atoms with Crippen LogP contribution < -0.4 is 10.6 Å². The first-order chi connectivity index (χ1) is 12.0. The molecule has 2 aromatic rings. The average molecular weight is 346 g/mol. The number of ether oxygens (including phenoxy) is 2. The lowest BCUT2D eigenvalue weighted by Gasteiger charge is -2.39. The van der Waals surface area contributed by atoms with Gasteiger partial charge in [0.15, 0.2) is 6.29 Å². The van der Waals surface area contributed by atoms with Crippen LogP contribution in [0.4, 0.5) is 4.79 Å². The third-order valence-electron chi connectivity index (χ3n) is 4.65. The van der Waals surface area contributed by atoms with Gasteiger partial charge < -0.3 is 29.8 Å². The standard InChI is InChI=1S/C17H22N4O4/c1-9(2)19-17(23)20-13-12-7-24-16(25-12)14(15(13)22)21-8-18-10-5-3-4-6-11(10)21/h3-6,8-9,12-16,22H,7H2,1-2H3,(H2,19,20,23). The molecule has 1 aromatic carbocycles. The number of nitrogens with zero attached hydrogens (tertiary/aromatic N) is 2. The zero-order valence-corrected chi connectivity index (χ0v) is 14.1. The Morgan fingerprint density at radius 2 is 2.20 bits per heavy atom. The molecule has 0 aliphatic carbocycles. The third-order valence-corrected chi connectivity index (χ3v) is 4.65. The van der Waals surface area contributed by atoms with Crippen molar-refractivity contribution in [2.75, 3.05) is 6.61 Å². The number of aliphatic hydroxyl groups excluding tert-OH is 1. The van der Waals surface area contributed by atoms with Gasteiger partial charge in [0.1, 0.15) is 18.2 Å². The second kappa shape index (κ2) is 6.29. The van der Waals surface area contributed by atoms with Gasteiger partial charge in [-0.1, -0.05) is 12.1 Å². The number of aromatic nitrogens is 2. The van der Waals surface area contributed by atoms with Gasteiger partial charge in [-0.3, -0.25) is 0 Å². The second-order valence-electron chi connectivity index (χ2n) is 6.80. The number of amides is 2. The normalized spacial score (nSPS) is 31.4. The van der Waals surface area contributed by atoms with E-state index in [2.05, 4.69) is 15.6 Å². The van der Waals surface area contributed by atoms with E-state index in [-0.39, 0.29) is 18.2 Å². The molecular formula is C17H22N4O4. The number of fused-ring (bicyclic) bond motifs is 3. The molecule has 5 unspecified atom stereocenters. The van der Waals surface area contributed by atoms with E-state index < -0.39 is 24.5 Å². The van der Waals surface area contributed by atoms with E-state index in [1.54, 1.807) is 6.33 Å². The molecule has 2 aliphatic heterocycles. The van der Waals surface area contributed by atoms with Crippen LogP contribution in [0.1, 0.15) is 19.9 Å². The summed E-state index contributed by atoms with van der Waals surface area (Å²) < 4.78 is 13.5. The van der Waals surface area contributed by atoms with E-state index in [0.29, 0.717) is 6.61 Å². The summed E-state index contributed by atoms with van der Waals surface area (Å²) in [6.45, 7) is 4.09. The number of para-hydroxylation sites is 2. The maximum Gasteiger partial charge on any atom is 0.315 e. The zero-order valence-electron chi connectivity index (χ0n) is 14.1. The van der Waals surface area contributed by atoms with Gasteiger partial charge in [-0.2, -0.15) is 0 Å². The first kappa shape index (κ1) is 16.3. The Morgan fingerprint density at radius 3 is 3.00 bits per heavy atom. The van der Waals surface area contributed by atoms with Gasteiger partial charge >= 0.3 is 6.03 Å². The number of benzene rings is 1. The van der Waals surface area contributed by atoms with Crippen LogP contribution in [-0.2, 0) is 9.47 Å². The Labute approximate surface area is 145 Å². The summed E-state index contributed by atoms with van der Waals surface area (Å²) in [4.78, 5) is 16.5. The number of aliphatic hydroxyl groups is 1. The summed E-state index contributed by atoms with van der Waals surface area (Å²) in [6, 6.07) is 6.29. The fraction of sp³-hybridized carbons (Fsp3) is 0.529. The van der Waals surface area contributed by atoms with Crippen molar-refractivity contribution in [3.63, 3.8) is 0 Å². The molecule has 1 aromatic heterocycles. The molecule has 0 saturated carbocycles. The SMILES string of the molecule is CC(C)NC(=O)NC1C2COC(O2)C(n2cnc3ccccc32)C1O. The highest BCUT2D eigenvalue weighted by Crippen LogP contribution is 2.37. The number of carbonyl (C=O) groups excluding carboxylic acids is 1. The van der Waals surface area contributed by atoms with Crippen molar-refractivity contribution < 1.29 is 19.4 Å². The highest BCUT2D eigenvalue weighted by molar-refractivity contribution is 5.75. The minimum atomic E-state index is -0.859. The number of urea groups is 1. The Balaban J connectivity index is 1.63. The van der Waals surface area contributed by atoms with Gasteiger partial charge in [0.25, 0.3) is 0 Å². The van der Waals surface area contributed by atoms with Crippen molar-refractivity contribution in [3.8, 4) is 0 Å². The molecule has 8 nitrogen and oxygen atoms in total. The largest absolute Gasteiger partial charge is 0.388 e. The lowest BCUT2D eigenvalue weighted by atomic mass is 9.96. The van der Waals surface area contributed by atoms with Crippen LogP contribution in [0.2, 0.25) is 0 Å². The Bertz CT molecular complexity index is 777. The molecule has 25 heavy (non-hydrogen) atoms. The summed E-state index contributed by atoms with van der Waals surface area (Å²) in [5.41, 5.74) is 1.71. The molecule has 2 amide bonds. The molecule has 2 saturated heterocycles. The molecule has 3 N–H and O–H groups in total. The van der Waals surface area contributed by atoms with Crippen molar-refractivity contribution in [2.24, 2.45) is 0 Å². The van der Waals surface area contributed by atoms with Crippen LogP contribution in [-0.4, -0.2) is 57.9 Å².